The summed E-state index contributed by atoms with van der Waals surface area (Å²) in [5.41, 5.74) is 0.304. The Labute approximate surface area is 239 Å². The first-order chi connectivity index (χ1) is 18.8. The molecule has 1 aliphatic heterocycles. The number of allylic oxidation sites excluding steroid dienone is 1. The first-order valence-electron chi connectivity index (χ1n) is 15.7. The zero-order valence-corrected chi connectivity index (χ0v) is 24.8. The van der Waals surface area contributed by atoms with E-state index < -0.39 is 36.3 Å². The quantitative estimate of drug-likeness (QED) is 0.303. The van der Waals surface area contributed by atoms with Crippen LogP contribution in [0.2, 0.25) is 0 Å². The highest BCUT2D eigenvalue weighted by molar-refractivity contribution is 5.91. The molecule has 4 aliphatic carbocycles. The van der Waals surface area contributed by atoms with E-state index in [9.17, 15) is 30.3 Å². The van der Waals surface area contributed by atoms with Gasteiger partial charge in [-0.05, 0) is 111 Å². The van der Waals surface area contributed by atoms with Gasteiger partial charge in [0.1, 0.15) is 18.3 Å². The van der Waals surface area contributed by atoms with E-state index in [0.717, 1.165) is 44.9 Å². The van der Waals surface area contributed by atoms with Crippen LogP contribution >= 0.6 is 0 Å². The van der Waals surface area contributed by atoms with Crippen molar-refractivity contribution >= 4 is 5.78 Å². The van der Waals surface area contributed by atoms with Crippen LogP contribution in [0.15, 0.2) is 11.6 Å². The number of hydrogen-bond donors (Lipinski definition) is 5. The highest BCUT2D eigenvalue weighted by atomic mass is 16.7. The summed E-state index contributed by atoms with van der Waals surface area (Å²) in [6.45, 7) is 8.75. The van der Waals surface area contributed by atoms with E-state index in [0.29, 0.717) is 37.0 Å². The summed E-state index contributed by atoms with van der Waals surface area (Å²) >= 11 is 0. The lowest BCUT2D eigenvalue weighted by atomic mass is 9.46. The molecule has 0 spiro atoms. The van der Waals surface area contributed by atoms with Gasteiger partial charge in [-0.2, -0.15) is 0 Å². The van der Waals surface area contributed by atoms with Gasteiger partial charge in [0.15, 0.2) is 12.1 Å². The molecule has 3 saturated carbocycles. The molecular weight excluding hydrogens is 512 g/mol. The molecule has 0 aromatic carbocycles. The van der Waals surface area contributed by atoms with E-state index in [1.54, 1.807) is 0 Å². The van der Waals surface area contributed by atoms with E-state index in [2.05, 4.69) is 13.8 Å². The number of carbonyl (C=O) groups is 1. The molecule has 1 saturated heterocycles. The van der Waals surface area contributed by atoms with Crippen molar-refractivity contribution < 1.29 is 39.8 Å². The molecule has 13 atom stereocenters. The topological polar surface area (TPSA) is 137 Å². The Bertz CT molecular complexity index is 965. The Hall–Kier alpha value is -0.870. The third kappa shape index (κ3) is 5.24. The monoisotopic (exact) mass is 564 g/mol. The maximum atomic E-state index is 12.1. The van der Waals surface area contributed by atoms with Crippen LogP contribution in [0.1, 0.15) is 91.9 Å². The van der Waals surface area contributed by atoms with Crippen LogP contribution in [-0.2, 0) is 14.3 Å². The van der Waals surface area contributed by atoms with Crippen molar-refractivity contribution in [3.63, 3.8) is 0 Å². The molecule has 0 amide bonds. The summed E-state index contributed by atoms with van der Waals surface area (Å²) in [4.78, 5) is 12.1. The predicted octanol–water partition coefficient (Wildman–Crippen LogP) is 3.12. The minimum atomic E-state index is -1.32. The van der Waals surface area contributed by atoms with Crippen LogP contribution in [0.25, 0.3) is 0 Å². The van der Waals surface area contributed by atoms with E-state index >= 15 is 0 Å². The van der Waals surface area contributed by atoms with Crippen molar-refractivity contribution in [3.8, 4) is 0 Å². The van der Waals surface area contributed by atoms with Crippen molar-refractivity contribution in [2.45, 2.75) is 128 Å². The Morgan fingerprint density at radius 2 is 1.80 bits per heavy atom. The summed E-state index contributed by atoms with van der Waals surface area (Å²) in [5.74, 6) is 2.11. The van der Waals surface area contributed by atoms with E-state index in [4.69, 9.17) is 9.47 Å². The number of aliphatic hydroxyl groups is 5. The fourth-order valence-electron chi connectivity index (χ4n) is 9.75. The first kappa shape index (κ1) is 30.6. The highest BCUT2D eigenvalue weighted by Gasteiger charge is 2.62. The maximum absolute atomic E-state index is 12.1. The molecule has 8 heteroatoms. The number of hydrogen-bond acceptors (Lipinski definition) is 8. The van der Waals surface area contributed by atoms with Crippen LogP contribution in [0.5, 0.6) is 0 Å². The number of ketones is 1. The molecule has 5 N–H and O–H groups in total. The molecular formula is C32H52O8. The highest BCUT2D eigenvalue weighted by Crippen LogP contribution is 2.68. The first-order valence-corrected chi connectivity index (χ1v) is 15.7. The second-order valence-electron chi connectivity index (χ2n) is 14.7. The Morgan fingerprint density at radius 3 is 2.55 bits per heavy atom. The maximum Gasteiger partial charge on any atom is 0.186 e. The molecule has 0 aromatic heterocycles. The Morgan fingerprint density at radius 1 is 1.05 bits per heavy atom. The number of carbonyl (C=O) groups excluding carboxylic acids is 1. The van der Waals surface area contributed by atoms with Crippen LogP contribution < -0.4 is 0 Å². The lowest BCUT2D eigenvalue weighted by molar-refractivity contribution is -0.272. The zero-order valence-electron chi connectivity index (χ0n) is 24.8. The average molecular weight is 565 g/mol. The van der Waals surface area contributed by atoms with E-state index in [1.807, 2.05) is 19.9 Å². The molecule has 5 aliphatic rings. The normalized spacial score (nSPS) is 46.4. The second kappa shape index (κ2) is 11.3. The van der Waals surface area contributed by atoms with Crippen molar-refractivity contribution in [1.29, 1.82) is 0 Å². The van der Waals surface area contributed by atoms with Gasteiger partial charge in [-0.1, -0.05) is 26.3 Å². The standard InChI is InChI=1S/C32H52O8/c1-18(16-39-29-28(37)27(36)24(34)17-40-29)5-10-26(35)32(4,38)25-9-8-22-21-7-6-19-15-20(33)11-13-30(19,2)23(21)12-14-31(22,25)3/h15,18,21-29,34-38H,5-14,16-17H2,1-4H3/t18-,21-,22-,23-,24+,25-,26+,27+,28-,29+,30-,31-,32+/m0/s1. The Balaban J connectivity index is 1.18. The molecule has 1 heterocycles. The van der Waals surface area contributed by atoms with Gasteiger partial charge < -0.3 is 35.0 Å². The predicted molar refractivity (Wildman–Crippen MR) is 149 cm³/mol. The molecule has 228 valence electrons. The smallest absolute Gasteiger partial charge is 0.186 e. The van der Waals surface area contributed by atoms with E-state index in [-0.39, 0.29) is 41.7 Å². The van der Waals surface area contributed by atoms with Crippen LogP contribution in [0.3, 0.4) is 0 Å². The molecule has 0 unspecified atom stereocenters. The lowest BCUT2D eigenvalue weighted by Crippen LogP contribution is -2.56. The van der Waals surface area contributed by atoms with Crippen molar-refractivity contribution in [3.05, 3.63) is 11.6 Å². The van der Waals surface area contributed by atoms with Gasteiger partial charge in [0.05, 0.1) is 24.9 Å². The fraction of sp³-hybridized carbons (Fsp3) is 0.906. The molecule has 40 heavy (non-hydrogen) atoms. The minimum Gasteiger partial charge on any atom is -0.390 e. The minimum absolute atomic E-state index is 0.0116. The van der Waals surface area contributed by atoms with Crippen LogP contribution in [0, 0.1) is 40.4 Å². The van der Waals surface area contributed by atoms with Gasteiger partial charge in [-0.3, -0.25) is 4.79 Å². The van der Waals surface area contributed by atoms with Crippen LogP contribution in [-0.4, -0.2) is 80.8 Å². The zero-order chi connectivity index (χ0) is 29.0. The fourth-order valence-corrected chi connectivity index (χ4v) is 9.75. The second-order valence-corrected chi connectivity index (χ2v) is 14.7. The summed E-state index contributed by atoms with van der Waals surface area (Å²) in [6.07, 6.45) is 5.39. The largest absolute Gasteiger partial charge is 0.390 e. The van der Waals surface area contributed by atoms with Crippen LogP contribution in [0.4, 0.5) is 0 Å². The third-order valence-electron chi connectivity index (χ3n) is 12.3. The summed E-state index contributed by atoms with van der Waals surface area (Å²) in [7, 11) is 0. The number of rotatable bonds is 8. The van der Waals surface area contributed by atoms with Gasteiger partial charge in [0.25, 0.3) is 0 Å². The van der Waals surface area contributed by atoms with Crippen molar-refractivity contribution in [2.24, 2.45) is 40.4 Å². The Kier molecular flexibility index (Phi) is 8.66. The van der Waals surface area contributed by atoms with Gasteiger partial charge in [-0.15, -0.1) is 0 Å². The van der Waals surface area contributed by atoms with Gasteiger partial charge in [0, 0.05) is 6.42 Å². The molecule has 0 aromatic rings. The number of fused-ring (bicyclic) bond motifs is 5. The van der Waals surface area contributed by atoms with Gasteiger partial charge in [0.2, 0.25) is 0 Å². The van der Waals surface area contributed by atoms with Crippen molar-refractivity contribution in [2.75, 3.05) is 13.2 Å². The van der Waals surface area contributed by atoms with Gasteiger partial charge >= 0.3 is 0 Å². The van der Waals surface area contributed by atoms with Crippen molar-refractivity contribution in [1.82, 2.24) is 0 Å². The molecule has 4 fully saturated rings. The van der Waals surface area contributed by atoms with E-state index in [1.165, 1.54) is 5.57 Å². The molecule has 5 rings (SSSR count). The molecule has 8 nitrogen and oxygen atoms in total. The lowest BCUT2D eigenvalue weighted by Gasteiger charge is -2.59. The molecule has 0 radical (unpaired) electrons. The summed E-state index contributed by atoms with van der Waals surface area (Å²) < 4.78 is 11.0. The SMILES string of the molecule is C[C@@H](CC[C@@H](O)[C@](C)(O)[C@H]1CC[C@H]2[C@@H]3CCC4=CC(=O)CC[C@]4(C)[C@H]3CC[C@]12C)CO[C@@H]1OC[C@@H](O)[C@@H](O)[C@@H]1O. The van der Waals surface area contributed by atoms with Gasteiger partial charge in [-0.25, -0.2) is 0 Å². The third-order valence-corrected chi connectivity index (χ3v) is 12.3. The number of ether oxygens (including phenoxy) is 2. The summed E-state index contributed by atoms with van der Waals surface area (Å²) in [5, 5.41) is 52.7. The number of aliphatic hydroxyl groups excluding tert-OH is 4. The summed E-state index contributed by atoms with van der Waals surface area (Å²) in [6, 6.07) is 0. The molecule has 0 bridgehead atoms. The average Bonchev–Trinajstić information content (AvgIpc) is 3.28.